The van der Waals surface area contributed by atoms with E-state index in [-0.39, 0.29) is 12.2 Å². The molecule has 0 aromatic rings. The summed E-state index contributed by atoms with van der Waals surface area (Å²) in [6, 6.07) is 0.545. The van der Waals surface area contributed by atoms with Crippen molar-refractivity contribution in [2.75, 3.05) is 27.9 Å². The molecule has 0 amide bonds. The number of esters is 1. The molecule has 0 unspecified atom stereocenters. The molecule has 7 nitrogen and oxygen atoms in total. The van der Waals surface area contributed by atoms with E-state index in [9.17, 15) is 4.79 Å². The van der Waals surface area contributed by atoms with Crippen molar-refractivity contribution in [2.24, 2.45) is 0 Å². The highest BCUT2D eigenvalue weighted by Gasteiger charge is 2.36. The van der Waals surface area contributed by atoms with Crippen LogP contribution >= 0.6 is 0 Å². The first-order valence-corrected chi connectivity index (χ1v) is 7.28. The van der Waals surface area contributed by atoms with Crippen molar-refractivity contribution in [3.05, 3.63) is 11.8 Å². The van der Waals surface area contributed by atoms with Crippen LogP contribution in [-0.2, 0) is 27.7 Å². The normalized spacial score (nSPS) is 12.4. The number of carbonyl (C=O) groups is 1. The minimum Gasteiger partial charge on any atom is -0.462 e. The van der Waals surface area contributed by atoms with Crippen LogP contribution in [-0.4, -0.2) is 48.0 Å². The quantitative estimate of drug-likeness (QED) is 0.129. The molecule has 0 fully saturated rings. The summed E-state index contributed by atoms with van der Waals surface area (Å²) >= 11 is 0. The van der Waals surface area contributed by atoms with Gasteiger partial charge in [0.05, 0.1) is 12.2 Å². The van der Waals surface area contributed by atoms with Gasteiger partial charge in [0.2, 0.25) is 0 Å². The van der Waals surface area contributed by atoms with E-state index < -0.39 is 14.8 Å². The van der Waals surface area contributed by atoms with Crippen molar-refractivity contribution in [1.82, 2.24) is 0 Å². The van der Waals surface area contributed by atoms with Crippen LogP contribution in [0.3, 0.4) is 0 Å². The molecule has 8 heteroatoms. The summed E-state index contributed by atoms with van der Waals surface area (Å²) in [6.45, 7) is 1.68. The molecule has 0 heterocycles. The largest absolute Gasteiger partial charge is 0.500 e. The lowest BCUT2D eigenvalue weighted by atomic mass is 10.3. The van der Waals surface area contributed by atoms with Gasteiger partial charge in [0.25, 0.3) is 0 Å². The summed E-state index contributed by atoms with van der Waals surface area (Å²) in [4.78, 5) is 15.0. The lowest BCUT2D eigenvalue weighted by Crippen LogP contribution is -2.42. The Bertz CT molecular complexity index is 267. The van der Waals surface area contributed by atoms with Gasteiger partial charge < -0.3 is 22.9 Å². The molecule has 0 saturated carbocycles. The van der Waals surface area contributed by atoms with Gasteiger partial charge in [-0.1, -0.05) is 0 Å². The molecule has 0 aliphatic heterocycles. The van der Waals surface area contributed by atoms with E-state index in [0.717, 1.165) is 6.26 Å². The minimum absolute atomic E-state index is 0.172. The second-order valence-corrected chi connectivity index (χ2v) is 6.53. The van der Waals surface area contributed by atoms with E-state index in [1.165, 1.54) is 28.3 Å². The maximum atomic E-state index is 11.3. The Hall–Kier alpha value is -0.933. The van der Waals surface area contributed by atoms with E-state index in [2.05, 4.69) is 4.89 Å². The molecule has 0 rings (SSSR count). The minimum atomic E-state index is -2.60. The lowest BCUT2D eigenvalue weighted by molar-refractivity contribution is -0.188. The van der Waals surface area contributed by atoms with E-state index >= 15 is 0 Å². The van der Waals surface area contributed by atoms with Crippen LogP contribution in [0.4, 0.5) is 0 Å². The molecule has 0 radical (unpaired) electrons. The van der Waals surface area contributed by atoms with Gasteiger partial charge in [-0.05, 0) is 13.3 Å². The van der Waals surface area contributed by atoms with E-state index in [1.54, 1.807) is 0 Å². The van der Waals surface area contributed by atoms with Crippen LogP contribution in [0.2, 0.25) is 6.04 Å². The summed E-state index contributed by atoms with van der Waals surface area (Å²) in [5.41, 5.74) is 0.172. The molecule has 18 heavy (non-hydrogen) atoms. The zero-order valence-corrected chi connectivity index (χ0v) is 12.1. The molecule has 0 saturated heterocycles. The Morgan fingerprint density at radius 2 is 1.78 bits per heavy atom. The number of hydrogen-bond acceptors (Lipinski definition) is 7. The number of hydrogen-bond donors (Lipinski definition) is 1. The Morgan fingerprint density at radius 3 is 2.22 bits per heavy atom. The Balaban J connectivity index is 3.99. The monoisotopic (exact) mass is 280 g/mol. The summed E-state index contributed by atoms with van der Waals surface area (Å²) < 4.78 is 20.6. The second kappa shape index (κ2) is 9.06. The van der Waals surface area contributed by atoms with Crippen LogP contribution in [0.25, 0.3) is 0 Å². The standard InChI is InChI=1S/C10H20O7Si/c1-9(8-17-12)10(11)16-6-5-7-18(13-2,14-3)15-4/h8,12H,5-7H2,1-4H3. The van der Waals surface area contributed by atoms with Crippen LogP contribution in [0.1, 0.15) is 13.3 Å². The Kier molecular flexibility index (Phi) is 8.59. The van der Waals surface area contributed by atoms with Gasteiger partial charge in [0.15, 0.2) is 0 Å². The summed E-state index contributed by atoms with van der Waals surface area (Å²) in [5, 5.41) is 8.13. The van der Waals surface area contributed by atoms with Crippen LogP contribution in [0.15, 0.2) is 11.8 Å². The summed E-state index contributed by atoms with van der Waals surface area (Å²) in [6.07, 6.45) is 1.46. The molecule has 0 aliphatic rings. The number of ether oxygens (including phenoxy) is 1. The fourth-order valence-corrected chi connectivity index (χ4v) is 2.94. The number of carbonyl (C=O) groups excluding carboxylic acids is 1. The highest BCUT2D eigenvalue weighted by molar-refractivity contribution is 6.60. The van der Waals surface area contributed by atoms with Gasteiger partial charge in [-0.25, -0.2) is 10.1 Å². The van der Waals surface area contributed by atoms with Gasteiger partial charge in [-0.2, -0.15) is 0 Å². The van der Waals surface area contributed by atoms with Gasteiger partial charge in [-0.15, -0.1) is 0 Å². The van der Waals surface area contributed by atoms with Crippen molar-refractivity contribution in [3.63, 3.8) is 0 Å². The maximum Gasteiger partial charge on any atom is 0.500 e. The van der Waals surface area contributed by atoms with Gasteiger partial charge in [-0.3, -0.25) is 0 Å². The maximum absolute atomic E-state index is 11.3. The predicted molar refractivity (Wildman–Crippen MR) is 64.6 cm³/mol. The van der Waals surface area contributed by atoms with Gasteiger partial charge in [0, 0.05) is 27.4 Å². The molecular formula is C10H20O7Si. The van der Waals surface area contributed by atoms with Crippen LogP contribution in [0.5, 0.6) is 0 Å². The molecule has 0 aromatic carbocycles. The van der Waals surface area contributed by atoms with Crippen molar-refractivity contribution in [2.45, 2.75) is 19.4 Å². The average molecular weight is 280 g/mol. The predicted octanol–water partition coefficient (Wildman–Crippen LogP) is 1.19. The van der Waals surface area contributed by atoms with Crippen molar-refractivity contribution >= 4 is 14.8 Å². The first-order valence-electron chi connectivity index (χ1n) is 5.34. The van der Waals surface area contributed by atoms with Gasteiger partial charge >= 0.3 is 14.8 Å². The fraction of sp³-hybridized carbons (Fsp3) is 0.700. The van der Waals surface area contributed by atoms with Crippen molar-refractivity contribution < 1.29 is 33.0 Å². The van der Waals surface area contributed by atoms with Gasteiger partial charge in [0.1, 0.15) is 6.26 Å². The molecule has 0 bridgehead atoms. The number of rotatable bonds is 9. The molecule has 0 atom stereocenters. The molecule has 0 aromatic heterocycles. The van der Waals surface area contributed by atoms with Crippen LogP contribution in [0, 0.1) is 0 Å². The van der Waals surface area contributed by atoms with Crippen molar-refractivity contribution in [1.29, 1.82) is 0 Å². The molecule has 106 valence electrons. The Labute approximate surface area is 108 Å². The zero-order valence-electron chi connectivity index (χ0n) is 11.1. The first kappa shape index (κ1) is 17.1. The van der Waals surface area contributed by atoms with E-state index in [4.69, 9.17) is 23.3 Å². The van der Waals surface area contributed by atoms with E-state index in [0.29, 0.717) is 12.5 Å². The second-order valence-electron chi connectivity index (χ2n) is 3.44. The topological polar surface area (TPSA) is 83.5 Å². The lowest BCUT2D eigenvalue weighted by Gasteiger charge is -2.24. The molecule has 0 spiro atoms. The summed E-state index contributed by atoms with van der Waals surface area (Å²) in [5.74, 6) is -0.552. The zero-order chi connectivity index (χ0) is 14.0. The summed E-state index contributed by atoms with van der Waals surface area (Å²) in [7, 11) is 1.97. The fourth-order valence-electron chi connectivity index (χ4n) is 1.25. The molecular weight excluding hydrogens is 260 g/mol. The SMILES string of the molecule is CO[Si](CCCOC(=O)C(C)=COO)(OC)OC. The van der Waals surface area contributed by atoms with E-state index in [1.807, 2.05) is 0 Å². The first-order chi connectivity index (χ1) is 8.55. The Morgan fingerprint density at radius 1 is 1.22 bits per heavy atom. The molecule has 1 N–H and O–H groups in total. The van der Waals surface area contributed by atoms with Crippen LogP contribution < -0.4 is 0 Å². The third kappa shape index (κ3) is 5.60. The average Bonchev–Trinajstić information content (AvgIpc) is 2.40. The van der Waals surface area contributed by atoms with Crippen molar-refractivity contribution in [3.8, 4) is 0 Å². The molecule has 0 aliphatic carbocycles. The highest BCUT2D eigenvalue weighted by atomic mass is 28.4. The highest BCUT2D eigenvalue weighted by Crippen LogP contribution is 2.15. The smallest absolute Gasteiger partial charge is 0.462 e. The third-order valence-electron chi connectivity index (χ3n) is 2.34. The third-order valence-corrected chi connectivity index (χ3v) is 5.18.